The van der Waals surface area contributed by atoms with Crippen LogP contribution in [0.3, 0.4) is 0 Å². The van der Waals surface area contributed by atoms with Crippen LogP contribution in [0.4, 0.5) is 5.69 Å². The van der Waals surface area contributed by atoms with Gasteiger partial charge >= 0.3 is 0 Å². The van der Waals surface area contributed by atoms with Gasteiger partial charge in [0, 0.05) is 47.1 Å². The third kappa shape index (κ3) is 4.75. The zero-order valence-corrected chi connectivity index (χ0v) is 16.8. The smallest absolute Gasteiger partial charge is 0.251 e. The summed E-state index contributed by atoms with van der Waals surface area (Å²) in [6.07, 6.45) is 2.37. The van der Waals surface area contributed by atoms with Gasteiger partial charge in [0.05, 0.1) is 0 Å². The van der Waals surface area contributed by atoms with Crippen molar-refractivity contribution in [1.29, 1.82) is 0 Å². The Bertz CT molecular complexity index is 839. The third-order valence-corrected chi connectivity index (χ3v) is 6.34. The summed E-state index contributed by atoms with van der Waals surface area (Å²) in [6, 6.07) is 15.7. The Balaban J connectivity index is 1.33. The highest BCUT2D eigenvalue weighted by Gasteiger charge is 2.32. The van der Waals surface area contributed by atoms with E-state index in [1.807, 2.05) is 48.5 Å². The first-order chi connectivity index (χ1) is 13.5. The van der Waals surface area contributed by atoms with E-state index in [1.165, 1.54) is 26.4 Å². The second-order valence-electron chi connectivity index (χ2n) is 7.65. The van der Waals surface area contributed by atoms with Gasteiger partial charge in [-0.05, 0) is 73.8 Å². The molecule has 0 aromatic heterocycles. The zero-order valence-electron chi connectivity index (χ0n) is 16.0. The fourth-order valence-corrected chi connectivity index (χ4v) is 4.87. The van der Waals surface area contributed by atoms with Gasteiger partial charge in [0.15, 0.2) is 0 Å². The van der Waals surface area contributed by atoms with Gasteiger partial charge in [-0.1, -0.05) is 11.8 Å². The summed E-state index contributed by atoms with van der Waals surface area (Å²) in [7, 11) is 0. The monoisotopic (exact) mass is 395 g/mol. The van der Waals surface area contributed by atoms with Crippen molar-refractivity contribution in [1.82, 2.24) is 10.2 Å². The Kier molecular flexibility index (Phi) is 5.69. The molecule has 2 aromatic rings. The molecule has 0 aliphatic carbocycles. The molecule has 4 rings (SSSR count). The molecule has 2 saturated heterocycles. The molecule has 0 radical (unpaired) electrons. The summed E-state index contributed by atoms with van der Waals surface area (Å²) >= 11 is 1.63. The van der Waals surface area contributed by atoms with Crippen LogP contribution in [-0.4, -0.2) is 42.4 Å². The second kappa shape index (κ2) is 8.37. The molecule has 2 aromatic carbocycles. The number of nitrogens with zero attached hydrogens (tertiary/aromatic N) is 1. The molecular formula is C22H25N3O2S. The van der Waals surface area contributed by atoms with Crippen molar-refractivity contribution in [2.24, 2.45) is 5.92 Å². The number of fused-ring (bicyclic) bond motifs is 2. The summed E-state index contributed by atoms with van der Waals surface area (Å²) in [6.45, 7) is 4.85. The van der Waals surface area contributed by atoms with Crippen molar-refractivity contribution in [3.8, 4) is 0 Å². The molecule has 146 valence electrons. The van der Waals surface area contributed by atoms with E-state index >= 15 is 0 Å². The van der Waals surface area contributed by atoms with E-state index < -0.39 is 0 Å². The minimum atomic E-state index is -0.0765. The number of hydrogen-bond acceptors (Lipinski definition) is 4. The first-order valence-electron chi connectivity index (χ1n) is 9.74. The Morgan fingerprint density at radius 1 is 1.00 bits per heavy atom. The van der Waals surface area contributed by atoms with Crippen LogP contribution in [0.5, 0.6) is 0 Å². The van der Waals surface area contributed by atoms with Gasteiger partial charge < -0.3 is 15.5 Å². The number of anilines is 1. The minimum absolute atomic E-state index is 0.0173. The van der Waals surface area contributed by atoms with E-state index in [0.29, 0.717) is 5.56 Å². The maximum atomic E-state index is 12.6. The Morgan fingerprint density at radius 2 is 1.68 bits per heavy atom. The van der Waals surface area contributed by atoms with Gasteiger partial charge in [0.25, 0.3) is 5.91 Å². The molecular weight excluding hydrogens is 370 g/mol. The lowest BCUT2D eigenvalue weighted by Crippen LogP contribution is -2.47. The maximum Gasteiger partial charge on any atom is 0.251 e. The average molecular weight is 396 g/mol. The standard InChI is InChI=1S/C22H25N3O2S/c1-15(26)23-18-4-8-21(9-5-18)28-20-6-2-17(3-7-20)22(27)24-19-12-16-10-11-25(13-16)14-19/h2-9,16,19H,10-14H2,1H3,(H,23,26)(H,24,27). The number of hydrogen-bond donors (Lipinski definition) is 2. The van der Waals surface area contributed by atoms with Crippen LogP contribution in [0.25, 0.3) is 0 Å². The molecule has 2 amide bonds. The van der Waals surface area contributed by atoms with E-state index in [9.17, 15) is 9.59 Å². The fourth-order valence-electron chi connectivity index (χ4n) is 4.05. The summed E-state index contributed by atoms with van der Waals surface area (Å²) in [5.41, 5.74) is 1.50. The number of piperidine rings is 1. The van der Waals surface area contributed by atoms with Crippen molar-refractivity contribution in [2.75, 3.05) is 25.0 Å². The SMILES string of the molecule is CC(=O)Nc1ccc(Sc2ccc(C(=O)NC3CC4CCN(C4)C3)cc2)cc1. The van der Waals surface area contributed by atoms with Gasteiger partial charge in [-0.15, -0.1) is 0 Å². The lowest BCUT2D eigenvalue weighted by molar-refractivity contribution is -0.114. The predicted molar refractivity (Wildman–Crippen MR) is 112 cm³/mol. The van der Waals surface area contributed by atoms with E-state index in [-0.39, 0.29) is 17.9 Å². The van der Waals surface area contributed by atoms with Crippen LogP contribution in [0, 0.1) is 5.92 Å². The molecule has 0 saturated carbocycles. The molecule has 2 N–H and O–H groups in total. The molecule has 2 bridgehead atoms. The zero-order chi connectivity index (χ0) is 19.5. The molecule has 0 spiro atoms. The van der Waals surface area contributed by atoms with Crippen LogP contribution >= 0.6 is 11.8 Å². The van der Waals surface area contributed by atoms with Crippen LogP contribution in [0.1, 0.15) is 30.1 Å². The van der Waals surface area contributed by atoms with Crippen molar-refractivity contribution >= 4 is 29.3 Å². The highest BCUT2D eigenvalue weighted by molar-refractivity contribution is 7.99. The van der Waals surface area contributed by atoms with E-state index in [0.717, 1.165) is 34.4 Å². The number of rotatable bonds is 5. The van der Waals surface area contributed by atoms with Gasteiger partial charge in [-0.2, -0.15) is 0 Å². The molecule has 2 aliphatic heterocycles. The maximum absolute atomic E-state index is 12.6. The summed E-state index contributed by atoms with van der Waals surface area (Å²) in [5, 5.41) is 5.97. The summed E-state index contributed by atoms with van der Waals surface area (Å²) < 4.78 is 0. The predicted octanol–water partition coefficient (Wildman–Crippen LogP) is 3.62. The molecule has 2 aliphatic rings. The number of amides is 2. The normalized spacial score (nSPS) is 23.2. The van der Waals surface area contributed by atoms with Gasteiger partial charge in [0.1, 0.15) is 0 Å². The van der Waals surface area contributed by atoms with E-state index in [4.69, 9.17) is 0 Å². The van der Waals surface area contributed by atoms with Crippen molar-refractivity contribution in [2.45, 2.75) is 35.6 Å². The highest BCUT2D eigenvalue weighted by atomic mass is 32.2. The first kappa shape index (κ1) is 19.0. The van der Waals surface area contributed by atoms with Gasteiger partial charge in [-0.25, -0.2) is 0 Å². The third-order valence-electron chi connectivity index (χ3n) is 5.33. The Hall–Kier alpha value is -2.31. The van der Waals surface area contributed by atoms with E-state index in [1.54, 1.807) is 11.8 Å². The largest absolute Gasteiger partial charge is 0.348 e. The second-order valence-corrected chi connectivity index (χ2v) is 8.80. The Morgan fingerprint density at radius 3 is 2.32 bits per heavy atom. The quantitative estimate of drug-likeness (QED) is 0.812. The molecule has 28 heavy (non-hydrogen) atoms. The fraction of sp³-hybridized carbons (Fsp3) is 0.364. The van der Waals surface area contributed by atoms with Crippen molar-refractivity contribution in [3.05, 3.63) is 54.1 Å². The number of nitrogens with one attached hydrogen (secondary N) is 2. The van der Waals surface area contributed by atoms with Crippen molar-refractivity contribution in [3.63, 3.8) is 0 Å². The molecule has 6 heteroatoms. The minimum Gasteiger partial charge on any atom is -0.348 e. The van der Waals surface area contributed by atoms with Crippen LogP contribution in [0.15, 0.2) is 58.3 Å². The Labute approximate surface area is 169 Å². The van der Waals surface area contributed by atoms with E-state index in [2.05, 4.69) is 15.5 Å². The van der Waals surface area contributed by atoms with Gasteiger partial charge in [-0.3, -0.25) is 9.59 Å². The molecule has 3 unspecified atom stereocenters. The summed E-state index contributed by atoms with van der Waals surface area (Å²) in [4.78, 5) is 28.3. The molecule has 2 fully saturated rings. The average Bonchev–Trinajstić information content (AvgIpc) is 3.02. The van der Waals surface area contributed by atoms with Crippen LogP contribution in [-0.2, 0) is 4.79 Å². The number of carbonyl (C=O) groups excluding carboxylic acids is 2. The lowest BCUT2D eigenvalue weighted by atomic mass is 9.96. The molecule has 5 nitrogen and oxygen atoms in total. The molecule has 3 atom stereocenters. The first-order valence-corrected chi connectivity index (χ1v) is 10.6. The van der Waals surface area contributed by atoms with Crippen LogP contribution in [0.2, 0.25) is 0 Å². The number of carbonyl (C=O) groups is 2. The lowest BCUT2D eigenvalue weighted by Gasteiger charge is -2.30. The molecule has 2 heterocycles. The van der Waals surface area contributed by atoms with Crippen LogP contribution < -0.4 is 10.6 Å². The topological polar surface area (TPSA) is 61.4 Å². The van der Waals surface area contributed by atoms with Crippen molar-refractivity contribution < 1.29 is 9.59 Å². The number of benzene rings is 2. The highest BCUT2D eigenvalue weighted by Crippen LogP contribution is 2.29. The summed E-state index contributed by atoms with van der Waals surface area (Å²) in [5.74, 6) is 0.686. The van der Waals surface area contributed by atoms with Gasteiger partial charge in [0.2, 0.25) is 5.91 Å².